The van der Waals surface area contributed by atoms with Gasteiger partial charge in [0, 0.05) is 0 Å². The fraction of sp³-hybridized carbons (Fsp3) is 0.833. The van der Waals surface area contributed by atoms with Gasteiger partial charge >= 0.3 is 11.9 Å². The van der Waals surface area contributed by atoms with Gasteiger partial charge in [-0.05, 0) is 6.42 Å². The first-order valence-electron chi connectivity index (χ1n) is 6.14. The van der Waals surface area contributed by atoms with Crippen LogP contribution in [0.1, 0.15) is 51.9 Å². The normalized spacial score (nSPS) is 12.1. The zero-order chi connectivity index (χ0) is 13.1. The summed E-state index contributed by atoms with van der Waals surface area (Å²) in [5, 5.41) is 7.61. The van der Waals surface area contributed by atoms with Crippen LogP contribution in [-0.2, 0) is 14.3 Å². The minimum atomic E-state index is -1.04. The van der Waals surface area contributed by atoms with Crippen LogP contribution in [0.25, 0.3) is 0 Å². The van der Waals surface area contributed by atoms with E-state index in [0.717, 1.165) is 19.3 Å². The summed E-state index contributed by atoms with van der Waals surface area (Å²) in [7, 11) is 0. The van der Waals surface area contributed by atoms with Gasteiger partial charge in [-0.1, -0.05) is 39.0 Å². The molecule has 0 aliphatic carbocycles. The lowest BCUT2D eigenvalue weighted by atomic mass is 10.1. The van der Waals surface area contributed by atoms with Gasteiger partial charge in [-0.15, -0.1) is 0 Å². The molecule has 0 bridgehead atoms. The molecule has 0 rings (SSSR count). The molecule has 4 nitrogen and oxygen atoms in total. The third-order valence-corrected chi connectivity index (χ3v) is 2.78. The van der Waals surface area contributed by atoms with Crippen molar-refractivity contribution in [2.24, 2.45) is 0 Å². The topological polar surface area (TPSA) is 63.6 Å². The van der Waals surface area contributed by atoms with Crippen LogP contribution in [0.15, 0.2) is 0 Å². The van der Waals surface area contributed by atoms with Crippen molar-refractivity contribution in [1.29, 1.82) is 0 Å². The van der Waals surface area contributed by atoms with Crippen LogP contribution < -0.4 is 0 Å². The summed E-state index contributed by atoms with van der Waals surface area (Å²) in [4.78, 5) is 21.6. The van der Waals surface area contributed by atoms with Gasteiger partial charge in [-0.2, -0.15) is 12.6 Å². The molecule has 100 valence electrons. The van der Waals surface area contributed by atoms with E-state index >= 15 is 0 Å². The van der Waals surface area contributed by atoms with Crippen molar-refractivity contribution in [1.82, 2.24) is 0 Å². The average Bonchev–Trinajstić information content (AvgIpc) is 2.26. The summed E-state index contributed by atoms with van der Waals surface area (Å²) < 4.78 is 4.93. The summed E-state index contributed by atoms with van der Waals surface area (Å²) in [5.74, 6) is -1.58. The molecule has 0 aromatic heterocycles. The number of aliphatic carboxylic acids is 1. The highest BCUT2D eigenvalue weighted by Crippen LogP contribution is 2.07. The number of esters is 1. The van der Waals surface area contributed by atoms with Gasteiger partial charge in [0.05, 0.1) is 13.0 Å². The maximum absolute atomic E-state index is 11.3. The number of carboxylic acids is 1. The Labute approximate surface area is 108 Å². The van der Waals surface area contributed by atoms with E-state index in [1.54, 1.807) is 0 Å². The predicted octanol–water partition coefficient (Wildman–Crippen LogP) is 2.66. The zero-order valence-electron chi connectivity index (χ0n) is 10.4. The highest BCUT2D eigenvalue weighted by atomic mass is 32.1. The molecule has 0 aromatic rings. The lowest BCUT2D eigenvalue weighted by Gasteiger charge is -2.08. The number of rotatable bonds is 10. The summed E-state index contributed by atoms with van der Waals surface area (Å²) >= 11 is 3.88. The average molecular weight is 262 g/mol. The molecule has 5 heteroatoms. The first kappa shape index (κ1) is 16.3. The first-order valence-corrected chi connectivity index (χ1v) is 6.66. The van der Waals surface area contributed by atoms with Crippen LogP contribution in [0.2, 0.25) is 0 Å². The van der Waals surface area contributed by atoms with E-state index in [-0.39, 0.29) is 6.42 Å². The Bertz CT molecular complexity index is 231. The molecule has 0 heterocycles. The van der Waals surface area contributed by atoms with Crippen molar-refractivity contribution >= 4 is 24.6 Å². The summed E-state index contributed by atoms with van der Waals surface area (Å²) in [6.07, 6.45) is 6.43. The zero-order valence-corrected chi connectivity index (χ0v) is 11.2. The van der Waals surface area contributed by atoms with E-state index in [2.05, 4.69) is 19.6 Å². The Morgan fingerprint density at radius 3 is 2.35 bits per heavy atom. The van der Waals surface area contributed by atoms with Crippen molar-refractivity contribution < 1.29 is 19.4 Å². The summed E-state index contributed by atoms with van der Waals surface area (Å²) in [5.41, 5.74) is 0. The maximum atomic E-state index is 11.3. The summed E-state index contributed by atoms with van der Waals surface area (Å²) in [6, 6.07) is 0. The van der Waals surface area contributed by atoms with Crippen LogP contribution in [0.5, 0.6) is 0 Å². The number of thiol groups is 1. The molecule has 17 heavy (non-hydrogen) atoms. The van der Waals surface area contributed by atoms with E-state index in [4.69, 9.17) is 9.84 Å². The van der Waals surface area contributed by atoms with Gasteiger partial charge in [0.1, 0.15) is 5.25 Å². The first-order chi connectivity index (χ1) is 8.07. The smallest absolute Gasteiger partial charge is 0.319 e. The van der Waals surface area contributed by atoms with Crippen molar-refractivity contribution in [3.05, 3.63) is 0 Å². The van der Waals surface area contributed by atoms with Gasteiger partial charge in [0.15, 0.2) is 0 Å². The second-order valence-corrected chi connectivity index (χ2v) is 4.67. The van der Waals surface area contributed by atoms with E-state index in [1.165, 1.54) is 19.3 Å². The predicted molar refractivity (Wildman–Crippen MR) is 69.4 cm³/mol. The van der Waals surface area contributed by atoms with Crippen LogP contribution >= 0.6 is 12.6 Å². The highest BCUT2D eigenvalue weighted by molar-refractivity contribution is 7.81. The largest absolute Gasteiger partial charge is 0.481 e. The van der Waals surface area contributed by atoms with E-state index in [9.17, 15) is 9.59 Å². The van der Waals surface area contributed by atoms with Gasteiger partial charge in [0.25, 0.3) is 0 Å². The third kappa shape index (κ3) is 10.2. The standard InChI is InChI=1S/C12H22O4S/c1-2-3-4-5-6-7-8-16-12(15)10(17)9-11(13)14/h10,17H,2-9H2,1H3,(H,13,14). The SMILES string of the molecule is CCCCCCCCOC(=O)C(S)CC(=O)O. The van der Waals surface area contributed by atoms with E-state index in [0.29, 0.717) is 6.61 Å². The van der Waals surface area contributed by atoms with Crippen LogP contribution in [-0.4, -0.2) is 28.9 Å². The number of ether oxygens (including phenoxy) is 1. The fourth-order valence-corrected chi connectivity index (χ4v) is 1.63. The second kappa shape index (κ2) is 10.4. The minimum absolute atomic E-state index is 0.293. The molecule has 0 saturated heterocycles. The number of unbranched alkanes of at least 4 members (excludes halogenated alkanes) is 5. The monoisotopic (exact) mass is 262 g/mol. The number of hydrogen-bond acceptors (Lipinski definition) is 4. The van der Waals surface area contributed by atoms with Gasteiger partial charge in [0.2, 0.25) is 0 Å². The molecule has 0 fully saturated rings. The van der Waals surface area contributed by atoms with E-state index in [1.807, 2.05) is 0 Å². The molecule has 1 atom stereocenters. The van der Waals surface area contributed by atoms with E-state index < -0.39 is 17.2 Å². The lowest BCUT2D eigenvalue weighted by Crippen LogP contribution is -2.21. The molecular weight excluding hydrogens is 240 g/mol. The molecule has 1 N–H and O–H groups in total. The molecule has 0 amide bonds. The minimum Gasteiger partial charge on any atom is -0.481 e. The van der Waals surface area contributed by atoms with Crippen LogP contribution in [0.3, 0.4) is 0 Å². The van der Waals surface area contributed by atoms with Gasteiger partial charge in [-0.25, -0.2) is 0 Å². The Morgan fingerprint density at radius 1 is 1.18 bits per heavy atom. The molecule has 0 saturated carbocycles. The molecular formula is C12H22O4S. The van der Waals surface area contributed by atoms with Gasteiger partial charge < -0.3 is 9.84 Å². The molecule has 1 unspecified atom stereocenters. The maximum Gasteiger partial charge on any atom is 0.319 e. The van der Waals surface area contributed by atoms with Crippen molar-refractivity contribution in [3.63, 3.8) is 0 Å². The van der Waals surface area contributed by atoms with Gasteiger partial charge in [-0.3, -0.25) is 9.59 Å². The molecule has 0 aromatic carbocycles. The Morgan fingerprint density at radius 2 is 1.76 bits per heavy atom. The number of hydrogen-bond donors (Lipinski definition) is 2. The molecule has 0 aliphatic heterocycles. The Balaban J connectivity index is 3.41. The number of carbonyl (C=O) groups is 2. The quantitative estimate of drug-likeness (QED) is 0.361. The molecule has 0 aliphatic rings. The van der Waals surface area contributed by atoms with Crippen LogP contribution in [0, 0.1) is 0 Å². The van der Waals surface area contributed by atoms with Crippen LogP contribution in [0.4, 0.5) is 0 Å². The summed E-state index contributed by atoms with van der Waals surface area (Å²) in [6.45, 7) is 2.53. The third-order valence-electron chi connectivity index (χ3n) is 2.38. The number of carbonyl (C=O) groups excluding carboxylic acids is 1. The molecule has 0 radical (unpaired) electrons. The van der Waals surface area contributed by atoms with Crippen molar-refractivity contribution in [3.8, 4) is 0 Å². The van der Waals surface area contributed by atoms with Crippen molar-refractivity contribution in [2.75, 3.05) is 6.61 Å². The number of carboxylic acid groups (broad SMARTS) is 1. The Kier molecular flexibility index (Phi) is 10.0. The second-order valence-electron chi connectivity index (χ2n) is 4.05. The molecule has 0 spiro atoms. The van der Waals surface area contributed by atoms with Crippen molar-refractivity contribution in [2.45, 2.75) is 57.1 Å². The lowest BCUT2D eigenvalue weighted by molar-refractivity contribution is -0.147. The fourth-order valence-electron chi connectivity index (χ4n) is 1.40. The Hall–Kier alpha value is -0.710. The highest BCUT2D eigenvalue weighted by Gasteiger charge is 2.18.